The first-order valence-corrected chi connectivity index (χ1v) is 26.1. The molecule has 0 unspecified atom stereocenters. The van der Waals surface area contributed by atoms with E-state index in [4.69, 9.17) is 24.4 Å². The van der Waals surface area contributed by atoms with Crippen molar-refractivity contribution in [1.29, 1.82) is 0 Å². The summed E-state index contributed by atoms with van der Waals surface area (Å²) in [5.41, 5.74) is 4.99. The number of amides is 2. The molecule has 5 nitrogen and oxygen atoms in total. The number of unbranched alkanes of at least 4 members (excludes halogenated alkanes) is 10. The second-order valence-electron chi connectivity index (χ2n) is 15.9. The highest BCUT2D eigenvalue weighted by molar-refractivity contribution is 8.27. The Morgan fingerprint density at radius 3 is 1.37 bits per heavy atom. The fourth-order valence-corrected chi connectivity index (χ4v) is 13.2. The molecule has 3 aromatic heterocycles. The maximum Gasteiger partial charge on any atom is 0.266 e. The SMILES string of the molecule is CCCCCCCCC(CCCCCCCC)n1c2cc(-c3ccc(/C=C4\SC(=S)N(CC)C4=O)s3)ccc2c2ccc(-c3ccc(/C=C4/SC(=S)N(CC)C4=O)s3)cc21. The average molecular weight is 912 g/mol. The van der Waals surface area contributed by atoms with Gasteiger partial charge in [-0.2, -0.15) is 0 Å². The van der Waals surface area contributed by atoms with Crippen molar-refractivity contribution in [2.24, 2.45) is 0 Å². The van der Waals surface area contributed by atoms with Crippen LogP contribution in [-0.4, -0.2) is 47.9 Å². The summed E-state index contributed by atoms with van der Waals surface area (Å²) in [6.45, 7) is 9.70. The van der Waals surface area contributed by atoms with Gasteiger partial charge in [0.1, 0.15) is 8.64 Å². The largest absolute Gasteiger partial charge is 0.337 e. The molecule has 0 spiro atoms. The molecule has 0 saturated carbocycles. The number of benzene rings is 2. The third-order valence-corrected chi connectivity index (χ3v) is 16.6. The van der Waals surface area contributed by atoms with E-state index in [1.165, 1.54) is 156 Å². The second-order valence-corrected chi connectivity index (χ2v) is 21.4. The average Bonchev–Trinajstić information content (AvgIpc) is 4.08. The quantitative estimate of drug-likeness (QED) is 0.0415. The molecular formula is C49H57N3O2S6. The summed E-state index contributed by atoms with van der Waals surface area (Å²) in [6, 6.07) is 23.1. The molecule has 2 aliphatic rings. The number of hydrogen-bond donors (Lipinski definition) is 0. The molecule has 11 heteroatoms. The Labute approximate surface area is 384 Å². The lowest BCUT2D eigenvalue weighted by atomic mass is 9.99. The number of likely N-dealkylation sites (N-methyl/N-ethyl adjacent to an activating group) is 2. The molecule has 5 heterocycles. The Kier molecular flexibility index (Phi) is 16.0. The number of hydrogen-bond acceptors (Lipinski definition) is 8. The van der Waals surface area contributed by atoms with Crippen LogP contribution in [0, 0.1) is 0 Å². The Morgan fingerprint density at radius 1 is 0.550 bits per heavy atom. The van der Waals surface area contributed by atoms with Gasteiger partial charge >= 0.3 is 0 Å². The lowest BCUT2D eigenvalue weighted by Crippen LogP contribution is -2.27. The number of carbonyl (C=O) groups is 2. The lowest BCUT2D eigenvalue weighted by Gasteiger charge is -2.22. The minimum Gasteiger partial charge on any atom is -0.337 e. The number of thioether (sulfide) groups is 2. The van der Waals surface area contributed by atoms with Gasteiger partial charge < -0.3 is 4.57 Å². The van der Waals surface area contributed by atoms with Crippen molar-refractivity contribution in [2.45, 2.75) is 124 Å². The van der Waals surface area contributed by atoms with E-state index in [9.17, 15) is 9.59 Å². The van der Waals surface area contributed by atoms with Crippen LogP contribution in [-0.2, 0) is 9.59 Å². The topological polar surface area (TPSA) is 45.6 Å². The summed E-state index contributed by atoms with van der Waals surface area (Å²) < 4.78 is 3.98. The molecule has 60 heavy (non-hydrogen) atoms. The van der Waals surface area contributed by atoms with Crippen molar-refractivity contribution < 1.29 is 9.59 Å². The van der Waals surface area contributed by atoms with E-state index < -0.39 is 0 Å². The first-order chi connectivity index (χ1) is 29.2. The molecule has 2 aromatic carbocycles. The highest BCUT2D eigenvalue weighted by Gasteiger charge is 2.32. The number of thiophene rings is 2. The summed E-state index contributed by atoms with van der Waals surface area (Å²) in [5, 5.41) is 2.59. The molecule has 2 saturated heterocycles. The molecule has 0 N–H and O–H groups in total. The van der Waals surface area contributed by atoms with Crippen LogP contribution in [0.4, 0.5) is 0 Å². The zero-order valence-electron chi connectivity index (χ0n) is 35.4. The highest BCUT2D eigenvalue weighted by atomic mass is 32.2. The van der Waals surface area contributed by atoms with E-state index in [1.54, 1.807) is 32.5 Å². The molecule has 0 atom stereocenters. The molecule has 5 aromatic rings. The van der Waals surface area contributed by atoms with Crippen molar-refractivity contribution in [2.75, 3.05) is 13.1 Å². The van der Waals surface area contributed by atoms with E-state index in [0.29, 0.717) is 37.6 Å². The lowest BCUT2D eigenvalue weighted by molar-refractivity contribution is -0.122. The Hall–Kier alpha value is -3.06. The molecule has 2 amide bonds. The highest BCUT2D eigenvalue weighted by Crippen LogP contribution is 2.43. The summed E-state index contributed by atoms with van der Waals surface area (Å²) in [7, 11) is 0. The van der Waals surface area contributed by atoms with Gasteiger partial charge in [0.05, 0.1) is 20.8 Å². The molecular weight excluding hydrogens is 855 g/mol. The van der Waals surface area contributed by atoms with Gasteiger partial charge in [0, 0.05) is 49.4 Å². The van der Waals surface area contributed by atoms with Crippen LogP contribution < -0.4 is 0 Å². The van der Waals surface area contributed by atoms with Crippen molar-refractivity contribution in [3.8, 4) is 20.9 Å². The fourth-order valence-electron chi connectivity index (χ4n) is 8.45. The van der Waals surface area contributed by atoms with Crippen LogP contribution in [0.25, 0.3) is 54.8 Å². The summed E-state index contributed by atoms with van der Waals surface area (Å²) in [6.07, 6.45) is 21.8. The number of rotatable bonds is 21. The predicted molar refractivity (Wildman–Crippen MR) is 272 cm³/mol. The number of carbonyl (C=O) groups excluding carboxylic acids is 2. The van der Waals surface area contributed by atoms with E-state index in [0.717, 1.165) is 9.75 Å². The van der Waals surface area contributed by atoms with Gasteiger partial charge in [-0.05, 0) is 86.4 Å². The van der Waals surface area contributed by atoms with E-state index in [1.807, 2.05) is 26.0 Å². The second kappa shape index (κ2) is 21.3. The minimum absolute atomic E-state index is 0.00111. The minimum atomic E-state index is 0.00111. The van der Waals surface area contributed by atoms with Gasteiger partial charge in [-0.1, -0.05) is 163 Å². The monoisotopic (exact) mass is 911 g/mol. The summed E-state index contributed by atoms with van der Waals surface area (Å²) in [4.78, 5) is 35.2. The Morgan fingerprint density at radius 2 is 0.967 bits per heavy atom. The standard InChI is InChI=1S/C49H57N3O2S6/c1-5-9-11-13-15-17-19-35(20-18-16-14-12-10-6-2)52-40-29-33(42-27-23-36(57-42)31-44-46(53)50(7-3)48(55)59-44)21-25-38(40)39-26-22-34(30-41(39)52)43-28-24-37(58-43)32-45-47(54)51(8-4)49(56)60-45/h21-32,35H,5-20H2,1-4H3/b44-31-,45-32+. The number of nitrogens with zero attached hydrogens (tertiary/aromatic N) is 3. The van der Waals surface area contributed by atoms with Crippen LogP contribution in [0.1, 0.15) is 133 Å². The third-order valence-electron chi connectivity index (χ3n) is 11.7. The van der Waals surface area contributed by atoms with Crippen LogP contribution in [0.3, 0.4) is 0 Å². The van der Waals surface area contributed by atoms with Gasteiger partial charge in [-0.25, -0.2) is 0 Å². The predicted octanol–water partition coefficient (Wildman–Crippen LogP) is 15.7. The molecule has 0 bridgehead atoms. The van der Waals surface area contributed by atoms with Gasteiger partial charge in [0.2, 0.25) is 0 Å². The molecule has 0 aliphatic carbocycles. The number of fused-ring (bicyclic) bond motifs is 3. The van der Waals surface area contributed by atoms with E-state index in [-0.39, 0.29) is 11.8 Å². The Balaban J connectivity index is 1.27. The summed E-state index contributed by atoms with van der Waals surface area (Å²) >= 11 is 17.2. The molecule has 7 rings (SSSR count). The normalized spacial score (nSPS) is 16.2. The van der Waals surface area contributed by atoms with Gasteiger partial charge in [-0.3, -0.25) is 19.4 Å². The van der Waals surface area contributed by atoms with Crippen molar-refractivity contribution in [3.63, 3.8) is 0 Å². The molecule has 2 fully saturated rings. The number of aromatic nitrogens is 1. The molecule has 2 aliphatic heterocycles. The first-order valence-electron chi connectivity index (χ1n) is 22.0. The third kappa shape index (κ3) is 10.2. The van der Waals surface area contributed by atoms with Crippen LogP contribution in [0.5, 0.6) is 0 Å². The number of thiocarbonyl (C=S) groups is 2. The zero-order valence-corrected chi connectivity index (χ0v) is 40.3. The molecule has 316 valence electrons. The van der Waals surface area contributed by atoms with Crippen molar-refractivity contribution >= 4 is 125 Å². The van der Waals surface area contributed by atoms with Gasteiger partial charge in [0.25, 0.3) is 11.8 Å². The maximum atomic E-state index is 13.0. The Bertz CT molecular complexity index is 2250. The van der Waals surface area contributed by atoms with Crippen LogP contribution >= 0.6 is 70.6 Å². The van der Waals surface area contributed by atoms with E-state index in [2.05, 4.69) is 79.1 Å². The zero-order chi connectivity index (χ0) is 42.2. The van der Waals surface area contributed by atoms with E-state index >= 15 is 0 Å². The first kappa shape index (κ1) is 45.0. The fraction of sp³-hybridized carbons (Fsp3) is 0.429. The summed E-state index contributed by atoms with van der Waals surface area (Å²) in [5.74, 6) is 0.00223. The van der Waals surface area contributed by atoms with Gasteiger partial charge in [-0.15, -0.1) is 22.7 Å². The van der Waals surface area contributed by atoms with Crippen molar-refractivity contribution in [3.05, 3.63) is 80.2 Å². The van der Waals surface area contributed by atoms with Crippen LogP contribution in [0.15, 0.2) is 70.5 Å². The van der Waals surface area contributed by atoms with Crippen molar-refractivity contribution in [1.82, 2.24) is 14.4 Å². The maximum absolute atomic E-state index is 13.0. The molecule has 0 radical (unpaired) electrons. The van der Waals surface area contributed by atoms with Gasteiger partial charge in [0.15, 0.2) is 0 Å². The smallest absolute Gasteiger partial charge is 0.266 e. The van der Waals surface area contributed by atoms with Crippen LogP contribution in [0.2, 0.25) is 0 Å².